The Hall–Kier alpha value is -1.15. The molecule has 1 N–H and O–H groups in total. The molecule has 1 unspecified atom stereocenters. The van der Waals surface area contributed by atoms with E-state index in [0.717, 1.165) is 0 Å². The average Bonchev–Trinajstić information content (AvgIpc) is 3.00. The van der Waals surface area contributed by atoms with E-state index in [-0.39, 0.29) is 24.0 Å². The molecule has 0 bridgehead atoms. The molecule has 2 rings (SSSR count). The third-order valence-corrected chi connectivity index (χ3v) is 5.74. The highest BCUT2D eigenvalue weighted by Gasteiger charge is 2.32. The molecule has 118 valence electrons. The van der Waals surface area contributed by atoms with Gasteiger partial charge in [0.25, 0.3) is 0 Å². The van der Waals surface area contributed by atoms with Gasteiger partial charge in [0.2, 0.25) is 10.0 Å². The van der Waals surface area contributed by atoms with Crippen molar-refractivity contribution in [3.63, 3.8) is 0 Å². The Morgan fingerprint density at radius 3 is 2.81 bits per heavy atom. The van der Waals surface area contributed by atoms with Crippen molar-refractivity contribution in [2.45, 2.75) is 23.8 Å². The summed E-state index contributed by atoms with van der Waals surface area (Å²) in [5, 5.41) is 9.15. The molecule has 1 fully saturated rings. The summed E-state index contributed by atoms with van der Waals surface area (Å²) >= 11 is 0. The first-order chi connectivity index (χ1) is 10.0. The van der Waals surface area contributed by atoms with Gasteiger partial charge in [-0.1, -0.05) is 0 Å². The van der Waals surface area contributed by atoms with E-state index in [4.69, 9.17) is 14.6 Å². The van der Waals surface area contributed by atoms with Gasteiger partial charge in [0.1, 0.15) is 5.75 Å². The Morgan fingerprint density at radius 2 is 2.24 bits per heavy atom. The number of ether oxygens (including phenoxy) is 2. The van der Waals surface area contributed by atoms with E-state index in [1.54, 1.807) is 19.2 Å². The monoisotopic (exact) mass is 315 g/mol. The maximum atomic E-state index is 12.8. The Kier molecular flexibility index (Phi) is 5.21. The van der Waals surface area contributed by atoms with Crippen LogP contribution in [0.1, 0.15) is 12.0 Å². The van der Waals surface area contributed by atoms with Crippen LogP contribution in [0.25, 0.3) is 0 Å². The Balaban J connectivity index is 2.38. The van der Waals surface area contributed by atoms with E-state index in [0.29, 0.717) is 30.9 Å². The van der Waals surface area contributed by atoms with Crippen LogP contribution in [0.5, 0.6) is 5.75 Å². The lowest BCUT2D eigenvalue weighted by atomic mass is 10.1. The number of benzene rings is 1. The van der Waals surface area contributed by atoms with Crippen molar-refractivity contribution in [3.05, 3.63) is 23.8 Å². The minimum Gasteiger partial charge on any atom is -0.497 e. The second kappa shape index (κ2) is 6.74. The van der Waals surface area contributed by atoms with Gasteiger partial charge in [-0.2, -0.15) is 4.31 Å². The largest absolute Gasteiger partial charge is 0.497 e. The Morgan fingerprint density at radius 1 is 1.48 bits per heavy atom. The van der Waals surface area contributed by atoms with E-state index in [9.17, 15) is 8.42 Å². The summed E-state index contributed by atoms with van der Waals surface area (Å²) in [6.07, 6.45) is 0.960. The summed E-state index contributed by atoms with van der Waals surface area (Å²) in [7, 11) is -0.520. The zero-order chi connectivity index (χ0) is 15.5. The first-order valence-electron chi connectivity index (χ1n) is 6.84. The van der Waals surface area contributed by atoms with Crippen LogP contribution in [0.15, 0.2) is 23.1 Å². The zero-order valence-electron chi connectivity index (χ0n) is 12.3. The van der Waals surface area contributed by atoms with Crippen LogP contribution in [-0.2, 0) is 21.2 Å². The molecule has 1 atom stereocenters. The molecule has 7 heteroatoms. The van der Waals surface area contributed by atoms with Crippen LogP contribution in [-0.4, -0.2) is 57.8 Å². The van der Waals surface area contributed by atoms with Crippen LogP contribution in [0, 0.1) is 0 Å². The van der Waals surface area contributed by atoms with Gasteiger partial charge in [0, 0.05) is 20.3 Å². The molecular formula is C14H21NO5S. The molecule has 0 saturated carbocycles. The minimum atomic E-state index is -3.61. The summed E-state index contributed by atoms with van der Waals surface area (Å²) in [4.78, 5) is 0.215. The molecule has 1 aromatic carbocycles. The van der Waals surface area contributed by atoms with Gasteiger partial charge in [0.05, 0.1) is 24.7 Å². The fraction of sp³-hybridized carbons (Fsp3) is 0.571. The molecule has 0 radical (unpaired) electrons. The van der Waals surface area contributed by atoms with Gasteiger partial charge in [-0.15, -0.1) is 0 Å². The molecule has 0 amide bonds. The quantitative estimate of drug-likeness (QED) is 0.834. The van der Waals surface area contributed by atoms with E-state index in [1.807, 2.05) is 0 Å². The summed E-state index contributed by atoms with van der Waals surface area (Å²) in [6.45, 7) is 0.879. The van der Waals surface area contributed by atoms with Gasteiger partial charge >= 0.3 is 0 Å². The number of hydrogen-bond donors (Lipinski definition) is 1. The molecule has 0 aliphatic carbocycles. The van der Waals surface area contributed by atoms with Crippen molar-refractivity contribution in [1.82, 2.24) is 4.31 Å². The van der Waals surface area contributed by atoms with Gasteiger partial charge in [-0.25, -0.2) is 8.42 Å². The molecule has 0 spiro atoms. The number of nitrogens with zero attached hydrogens (tertiary/aromatic N) is 1. The Labute approximate surface area is 125 Å². The zero-order valence-corrected chi connectivity index (χ0v) is 13.1. The highest BCUT2D eigenvalue weighted by atomic mass is 32.2. The maximum absolute atomic E-state index is 12.8. The standard InChI is InChI=1S/C14H21NO5S/c1-15(12-6-8-20-10-12)21(17,18)14-4-3-13(19-2)9-11(14)5-7-16/h3-4,9,12,16H,5-8,10H2,1-2H3. The lowest BCUT2D eigenvalue weighted by molar-refractivity contribution is 0.181. The van der Waals surface area contributed by atoms with E-state index >= 15 is 0 Å². The smallest absolute Gasteiger partial charge is 0.243 e. The Bertz CT molecular complexity index is 581. The number of aliphatic hydroxyl groups is 1. The normalized spacial score (nSPS) is 19.1. The van der Waals surface area contributed by atoms with Gasteiger partial charge in [-0.3, -0.25) is 0 Å². The van der Waals surface area contributed by atoms with Crippen molar-refractivity contribution in [2.24, 2.45) is 0 Å². The lowest BCUT2D eigenvalue weighted by Gasteiger charge is -2.24. The molecule has 6 nitrogen and oxygen atoms in total. The van der Waals surface area contributed by atoms with Gasteiger partial charge in [0.15, 0.2) is 0 Å². The lowest BCUT2D eigenvalue weighted by Crippen LogP contribution is -2.37. The fourth-order valence-corrected chi connectivity index (χ4v) is 4.01. The second-order valence-corrected chi connectivity index (χ2v) is 6.95. The van der Waals surface area contributed by atoms with Gasteiger partial charge in [-0.05, 0) is 36.6 Å². The topological polar surface area (TPSA) is 76.1 Å². The predicted molar refractivity (Wildman–Crippen MR) is 78.0 cm³/mol. The van der Waals surface area contributed by atoms with Crippen molar-refractivity contribution in [3.8, 4) is 5.75 Å². The van der Waals surface area contributed by atoms with Crippen LogP contribution < -0.4 is 4.74 Å². The van der Waals surface area contributed by atoms with Crippen molar-refractivity contribution < 1.29 is 23.0 Å². The maximum Gasteiger partial charge on any atom is 0.243 e. The first kappa shape index (κ1) is 16.2. The van der Waals surface area contributed by atoms with Crippen LogP contribution in [0.4, 0.5) is 0 Å². The number of methoxy groups -OCH3 is 1. The summed E-state index contributed by atoms with van der Waals surface area (Å²) in [5.74, 6) is 0.573. The SMILES string of the molecule is COc1ccc(S(=O)(=O)N(C)C2CCOC2)c(CCO)c1. The van der Waals surface area contributed by atoms with Crippen molar-refractivity contribution in [1.29, 1.82) is 0 Å². The minimum absolute atomic E-state index is 0.119. The first-order valence-corrected chi connectivity index (χ1v) is 8.28. The van der Waals surface area contributed by atoms with Crippen LogP contribution >= 0.6 is 0 Å². The van der Waals surface area contributed by atoms with Crippen molar-refractivity contribution in [2.75, 3.05) is 34.0 Å². The summed E-state index contributed by atoms with van der Waals surface area (Å²) in [5.41, 5.74) is 0.558. The molecule has 1 aliphatic heterocycles. The van der Waals surface area contributed by atoms with E-state index in [2.05, 4.69) is 0 Å². The predicted octanol–water partition coefficient (Wildman–Crippen LogP) is 0.639. The van der Waals surface area contributed by atoms with E-state index in [1.165, 1.54) is 17.5 Å². The summed E-state index contributed by atoms with van der Waals surface area (Å²) < 4.78 is 37.3. The van der Waals surface area contributed by atoms with E-state index < -0.39 is 10.0 Å². The van der Waals surface area contributed by atoms with Crippen molar-refractivity contribution >= 4 is 10.0 Å². The number of likely N-dealkylation sites (N-methyl/N-ethyl adjacent to an activating group) is 1. The molecule has 21 heavy (non-hydrogen) atoms. The number of sulfonamides is 1. The van der Waals surface area contributed by atoms with Crippen LogP contribution in [0.3, 0.4) is 0 Å². The molecule has 1 aliphatic rings. The fourth-order valence-electron chi connectivity index (χ4n) is 2.41. The highest BCUT2D eigenvalue weighted by Crippen LogP contribution is 2.27. The summed E-state index contributed by atoms with van der Waals surface area (Å²) in [6, 6.07) is 4.67. The third-order valence-electron chi connectivity index (χ3n) is 3.73. The average molecular weight is 315 g/mol. The number of aliphatic hydroxyl groups excluding tert-OH is 1. The number of hydrogen-bond acceptors (Lipinski definition) is 5. The third kappa shape index (κ3) is 3.37. The molecule has 0 aromatic heterocycles. The highest BCUT2D eigenvalue weighted by molar-refractivity contribution is 7.89. The molecule has 1 heterocycles. The molecular weight excluding hydrogens is 294 g/mol. The molecule has 1 saturated heterocycles. The second-order valence-electron chi connectivity index (χ2n) is 4.99. The van der Waals surface area contributed by atoms with Gasteiger partial charge < -0.3 is 14.6 Å². The van der Waals surface area contributed by atoms with Crippen LogP contribution in [0.2, 0.25) is 0 Å². The number of rotatable bonds is 6. The molecule has 1 aromatic rings.